The summed E-state index contributed by atoms with van der Waals surface area (Å²) in [6.45, 7) is 1.84. The molecule has 0 saturated heterocycles. The van der Waals surface area contributed by atoms with Crippen molar-refractivity contribution in [3.8, 4) is 22.6 Å². The number of halogens is 1. The number of hydrogen-bond acceptors (Lipinski definition) is 8. The third-order valence-corrected chi connectivity index (χ3v) is 9.45. The van der Waals surface area contributed by atoms with Crippen molar-refractivity contribution in [2.24, 2.45) is 0 Å². The van der Waals surface area contributed by atoms with Gasteiger partial charge in [0.25, 0.3) is 0 Å². The molecule has 0 saturated carbocycles. The van der Waals surface area contributed by atoms with Crippen molar-refractivity contribution in [1.29, 1.82) is 0 Å². The Hall–Kier alpha value is -5.13. The first-order valence-electron chi connectivity index (χ1n) is 17.3. The van der Waals surface area contributed by atoms with Crippen molar-refractivity contribution < 1.29 is 33.4 Å². The van der Waals surface area contributed by atoms with E-state index in [1.807, 2.05) is 66.7 Å². The number of methoxy groups -OCH3 is 3. The quantitative estimate of drug-likeness (QED) is 0.0789. The molecule has 5 rings (SSSR count). The first-order chi connectivity index (χ1) is 25.2. The summed E-state index contributed by atoms with van der Waals surface area (Å²) in [5, 5.41) is 12.2. The number of hydrogen-bond donors (Lipinski definition) is 4. The van der Waals surface area contributed by atoms with Crippen molar-refractivity contribution in [1.82, 2.24) is 20.8 Å². The van der Waals surface area contributed by atoms with E-state index in [0.29, 0.717) is 42.9 Å². The lowest BCUT2D eigenvalue weighted by molar-refractivity contribution is -0.145. The third kappa shape index (κ3) is 8.66. The number of esters is 1. The molecule has 274 valence electrons. The molecule has 52 heavy (non-hydrogen) atoms. The van der Waals surface area contributed by atoms with E-state index in [2.05, 4.69) is 26.9 Å². The van der Waals surface area contributed by atoms with E-state index < -0.39 is 41.8 Å². The summed E-state index contributed by atoms with van der Waals surface area (Å²) in [5.41, 5.74) is 3.17. The van der Waals surface area contributed by atoms with Crippen LogP contribution in [0.2, 0.25) is 0 Å². The van der Waals surface area contributed by atoms with Crippen LogP contribution in [0.25, 0.3) is 32.7 Å². The van der Waals surface area contributed by atoms with E-state index in [4.69, 9.17) is 26.0 Å². The standard InChI is InChI=1S/C40H45ClN4O7/c1-24(46)43-33-23-28-22-26-14-6-9-17-30(26)35(37(28)51-3)34-29-16-8-5-13-25(29)21-27(36(34)50-2)15-7-10-19-32(40(49)52-4)45-38(47)31(44-39(33)48)18-11-12-20-42-41/h5-10,13-14,16-17,21-22,31-33,42H,11-12,15,18-20,23H2,1-4H3,(H,43,46)(H,44,48)(H,45,47)/b10-7-/t31-,32-,33?/m0/s1. The van der Waals surface area contributed by atoms with Crippen LogP contribution in [0.4, 0.5) is 0 Å². The van der Waals surface area contributed by atoms with E-state index in [1.54, 1.807) is 14.2 Å². The van der Waals surface area contributed by atoms with Gasteiger partial charge in [0.2, 0.25) is 17.7 Å². The maximum atomic E-state index is 14.1. The lowest BCUT2D eigenvalue weighted by Gasteiger charge is -2.26. The molecular weight excluding hydrogens is 684 g/mol. The zero-order valence-corrected chi connectivity index (χ0v) is 30.6. The van der Waals surface area contributed by atoms with Crippen molar-refractivity contribution >= 4 is 57.0 Å². The molecule has 3 atom stereocenters. The molecule has 3 amide bonds. The van der Waals surface area contributed by atoms with Crippen molar-refractivity contribution in [3.63, 3.8) is 0 Å². The van der Waals surface area contributed by atoms with Gasteiger partial charge < -0.3 is 30.2 Å². The number of amides is 3. The maximum absolute atomic E-state index is 14.1. The summed E-state index contributed by atoms with van der Waals surface area (Å²) in [6.07, 6.45) is 5.85. The van der Waals surface area contributed by atoms with Gasteiger partial charge in [0.1, 0.15) is 29.6 Å². The molecule has 1 unspecified atom stereocenters. The number of allylic oxidation sites excluding steroid dienone is 1. The molecule has 0 aromatic heterocycles. The smallest absolute Gasteiger partial charge is 0.328 e. The van der Waals surface area contributed by atoms with Gasteiger partial charge in [-0.1, -0.05) is 60.7 Å². The predicted octanol–water partition coefficient (Wildman–Crippen LogP) is 5.28. The summed E-state index contributed by atoms with van der Waals surface area (Å²) in [6, 6.07) is 16.9. The maximum Gasteiger partial charge on any atom is 0.328 e. The third-order valence-electron chi connectivity index (χ3n) is 9.26. The van der Waals surface area contributed by atoms with E-state index in [1.165, 1.54) is 14.0 Å². The topological polar surface area (TPSA) is 144 Å². The molecule has 1 aliphatic rings. The molecule has 1 aliphatic heterocycles. The van der Waals surface area contributed by atoms with Gasteiger partial charge in [-0.05, 0) is 88.7 Å². The van der Waals surface area contributed by atoms with Crippen LogP contribution in [-0.4, -0.2) is 69.7 Å². The van der Waals surface area contributed by atoms with E-state index in [0.717, 1.165) is 38.2 Å². The van der Waals surface area contributed by atoms with Crippen LogP contribution in [-0.2, 0) is 36.8 Å². The summed E-state index contributed by atoms with van der Waals surface area (Å²) in [4.78, 5) is 55.9. The number of fused-ring (bicyclic) bond motifs is 9. The van der Waals surface area contributed by atoms with Gasteiger partial charge in [-0.3, -0.25) is 14.4 Å². The van der Waals surface area contributed by atoms with E-state index in [9.17, 15) is 19.2 Å². The average molecular weight is 729 g/mol. The number of ether oxygens (including phenoxy) is 3. The fourth-order valence-electron chi connectivity index (χ4n) is 6.87. The Labute approximate surface area is 308 Å². The second-order valence-electron chi connectivity index (χ2n) is 12.7. The van der Waals surface area contributed by atoms with Gasteiger partial charge >= 0.3 is 5.97 Å². The molecule has 4 bridgehead atoms. The van der Waals surface area contributed by atoms with Crippen LogP contribution < -0.4 is 30.3 Å². The lowest BCUT2D eigenvalue weighted by Crippen LogP contribution is -2.56. The van der Waals surface area contributed by atoms with Gasteiger partial charge in [0, 0.05) is 31.0 Å². The molecule has 12 heteroatoms. The molecule has 0 radical (unpaired) electrons. The summed E-state index contributed by atoms with van der Waals surface area (Å²) in [7, 11) is 4.48. The first-order valence-corrected chi connectivity index (χ1v) is 17.7. The number of carbonyl (C=O) groups is 4. The minimum atomic E-state index is -1.08. The zero-order valence-electron chi connectivity index (χ0n) is 29.8. The molecule has 11 nitrogen and oxygen atoms in total. The van der Waals surface area contributed by atoms with Crippen LogP contribution in [0.1, 0.15) is 43.7 Å². The number of unbranched alkanes of at least 4 members (excludes halogenated alkanes) is 1. The second-order valence-corrected chi connectivity index (χ2v) is 13.0. The fourth-order valence-corrected chi connectivity index (χ4v) is 7.00. The molecule has 0 aliphatic carbocycles. The Morgan fingerprint density at radius 2 is 1.44 bits per heavy atom. The minimum absolute atomic E-state index is 0.0460. The van der Waals surface area contributed by atoms with Crippen molar-refractivity contribution in [3.05, 3.63) is 83.9 Å². The Balaban J connectivity index is 1.76. The Bertz CT molecular complexity index is 1980. The molecule has 1 heterocycles. The molecule has 0 spiro atoms. The van der Waals surface area contributed by atoms with Gasteiger partial charge in [-0.2, -0.15) is 0 Å². The normalized spacial score (nSPS) is 18.8. The van der Waals surface area contributed by atoms with E-state index in [-0.39, 0.29) is 19.3 Å². The van der Waals surface area contributed by atoms with Crippen molar-refractivity contribution in [2.45, 2.75) is 63.6 Å². The highest BCUT2D eigenvalue weighted by atomic mass is 35.5. The zero-order chi connectivity index (χ0) is 37.2. The van der Waals surface area contributed by atoms with Gasteiger partial charge in [-0.25, -0.2) is 9.63 Å². The average Bonchev–Trinajstić information content (AvgIpc) is 3.14. The Morgan fingerprint density at radius 1 is 0.827 bits per heavy atom. The Morgan fingerprint density at radius 3 is 2.04 bits per heavy atom. The number of nitrogens with one attached hydrogen (secondary N) is 4. The van der Waals surface area contributed by atoms with Crippen LogP contribution in [0.3, 0.4) is 0 Å². The second kappa shape index (κ2) is 17.9. The highest BCUT2D eigenvalue weighted by molar-refractivity contribution is 6.13. The van der Waals surface area contributed by atoms with Gasteiger partial charge in [-0.15, -0.1) is 0 Å². The summed E-state index contributed by atoms with van der Waals surface area (Å²) in [5.74, 6) is -0.986. The lowest BCUT2D eigenvalue weighted by atomic mass is 9.87. The minimum Gasteiger partial charge on any atom is -0.496 e. The SMILES string of the molecule is COC(=O)[C@@H]1C/C=C\Cc2cc3ccccc3c(c2OC)-c2c(OC)c(cc3ccccc23)CC(NC(C)=O)C(=O)N[C@@H](CCCCNCl)C(=O)N1. The molecule has 0 fully saturated rings. The fraction of sp³-hybridized carbons (Fsp3) is 0.350. The number of benzene rings is 4. The molecule has 4 N–H and O–H groups in total. The number of rotatable bonds is 9. The number of carbonyl (C=O) groups excluding carboxylic acids is 4. The molecular formula is C40H45ClN4O7. The van der Waals surface area contributed by atoms with Crippen LogP contribution >= 0.6 is 11.8 Å². The van der Waals surface area contributed by atoms with Crippen LogP contribution in [0, 0.1) is 0 Å². The highest BCUT2D eigenvalue weighted by Crippen LogP contribution is 2.48. The first kappa shape index (κ1) is 38.1. The van der Waals surface area contributed by atoms with Crippen LogP contribution in [0.5, 0.6) is 11.5 Å². The Kier molecular flexibility index (Phi) is 13.1. The van der Waals surface area contributed by atoms with Crippen LogP contribution in [0.15, 0.2) is 72.8 Å². The highest BCUT2D eigenvalue weighted by Gasteiger charge is 2.31. The summed E-state index contributed by atoms with van der Waals surface area (Å²) < 4.78 is 17.5. The monoisotopic (exact) mass is 728 g/mol. The molecule has 4 aromatic rings. The van der Waals surface area contributed by atoms with Crippen molar-refractivity contribution in [2.75, 3.05) is 27.9 Å². The predicted molar refractivity (Wildman–Crippen MR) is 202 cm³/mol. The van der Waals surface area contributed by atoms with E-state index >= 15 is 0 Å². The van der Waals surface area contributed by atoms with Gasteiger partial charge in [0.05, 0.1) is 21.3 Å². The largest absolute Gasteiger partial charge is 0.496 e. The summed E-state index contributed by atoms with van der Waals surface area (Å²) >= 11 is 5.65. The van der Waals surface area contributed by atoms with Gasteiger partial charge in [0.15, 0.2) is 0 Å². The molecule has 4 aromatic carbocycles.